The number of benzene rings is 1. The van der Waals surface area contributed by atoms with Crippen molar-refractivity contribution in [3.05, 3.63) is 23.8 Å². The molecule has 0 aliphatic heterocycles. The molecule has 0 heterocycles. The van der Waals surface area contributed by atoms with Gasteiger partial charge in [0, 0.05) is 18.7 Å². The number of primary amides is 1. The molecule has 0 bridgehead atoms. The van der Waals surface area contributed by atoms with E-state index in [0.29, 0.717) is 17.1 Å². The summed E-state index contributed by atoms with van der Waals surface area (Å²) in [6, 6.07) is 4.89. The molecule has 0 saturated heterocycles. The van der Waals surface area contributed by atoms with Gasteiger partial charge in [-0.3, -0.25) is 9.59 Å². The Hall–Kier alpha value is -2.24. The zero-order valence-corrected chi connectivity index (χ0v) is 12.2. The molecule has 0 aliphatic rings. The molecular formula is C14H20N2O4. The van der Waals surface area contributed by atoms with E-state index in [4.69, 9.17) is 15.2 Å². The number of carbonyl (C=O) groups is 2. The molecule has 2 amide bonds. The first-order valence-corrected chi connectivity index (χ1v) is 6.23. The molecule has 0 saturated carbocycles. The third-order valence-corrected chi connectivity index (χ3v) is 2.88. The molecule has 0 radical (unpaired) electrons. The molecule has 6 nitrogen and oxygen atoms in total. The molecule has 6 heteroatoms. The van der Waals surface area contributed by atoms with Crippen LogP contribution in [-0.2, 0) is 4.79 Å². The Morgan fingerprint density at radius 3 is 2.45 bits per heavy atom. The average molecular weight is 280 g/mol. The Kier molecular flexibility index (Phi) is 5.37. The minimum Gasteiger partial charge on any atom is -0.493 e. The second-order valence-electron chi connectivity index (χ2n) is 4.63. The number of hydrogen-bond acceptors (Lipinski definition) is 4. The second-order valence-corrected chi connectivity index (χ2v) is 4.63. The number of hydrogen-bond donors (Lipinski definition) is 1. The van der Waals surface area contributed by atoms with Crippen molar-refractivity contribution in [3.63, 3.8) is 0 Å². The molecule has 0 atom stereocenters. The lowest BCUT2D eigenvalue weighted by molar-refractivity contribution is -0.119. The lowest BCUT2D eigenvalue weighted by Crippen LogP contribution is -2.32. The minimum atomic E-state index is -0.577. The summed E-state index contributed by atoms with van der Waals surface area (Å²) in [6.07, 6.45) is 0. The van der Waals surface area contributed by atoms with Gasteiger partial charge < -0.3 is 20.1 Å². The summed E-state index contributed by atoms with van der Waals surface area (Å²) in [5, 5.41) is 0. The molecule has 1 aromatic rings. The highest BCUT2D eigenvalue weighted by Crippen LogP contribution is 2.28. The van der Waals surface area contributed by atoms with Crippen LogP contribution in [0.2, 0.25) is 0 Å². The van der Waals surface area contributed by atoms with Crippen LogP contribution in [0.4, 0.5) is 0 Å². The monoisotopic (exact) mass is 280 g/mol. The third kappa shape index (κ3) is 3.88. The number of carbonyl (C=O) groups excluding carboxylic acids is 2. The molecule has 20 heavy (non-hydrogen) atoms. The van der Waals surface area contributed by atoms with Gasteiger partial charge in [-0.1, -0.05) is 0 Å². The van der Waals surface area contributed by atoms with Crippen molar-refractivity contribution in [1.29, 1.82) is 0 Å². The Morgan fingerprint density at radius 1 is 1.30 bits per heavy atom. The number of nitrogens with zero attached hydrogens (tertiary/aromatic N) is 1. The van der Waals surface area contributed by atoms with Crippen molar-refractivity contribution in [3.8, 4) is 11.5 Å². The van der Waals surface area contributed by atoms with E-state index in [2.05, 4.69) is 0 Å². The van der Waals surface area contributed by atoms with E-state index in [1.165, 1.54) is 7.11 Å². The standard InChI is InChI=1S/C14H20N2O4/c1-9(2)16(3)14(18)10-5-6-11(12(7-10)19-4)20-8-13(15)17/h5-7,9H,8H2,1-4H3,(H2,15,17). The highest BCUT2D eigenvalue weighted by atomic mass is 16.5. The Balaban J connectivity index is 2.97. The molecule has 0 aliphatic carbocycles. The van der Waals surface area contributed by atoms with Crippen LogP contribution in [0.3, 0.4) is 0 Å². The first kappa shape index (κ1) is 15.8. The zero-order valence-electron chi connectivity index (χ0n) is 12.2. The molecule has 0 fully saturated rings. The average Bonchev–Trinajstić information content (AvgIpc) is 2.42. The van der Waals surface area contributed by atoms with Crippen LogP contribution in [0, 0.1) is 0 Å². The number of amides is 2. The summed E-state index contributed by atoms with van der Waals surface area (Å²) in [5.74, 6) is 0.0656. The molecule has 1 rings (SSSR count). The quantitative estimate of drug-likeness (QED) is 0.844. The summed E-state index contributed by atoms with van der Waals surface area (Å²) in [5.41, 5.74) is 5.51. The van der Waals surface area contributed by atoms with Gasteiger partial charge in [0.15, 0.2) is 18.1 Å². The van der Waals surface area contributed by atoms with Gasteiger partial charge in [0.25, 0.3) is 11.8 Å². The van der Waals surface area contributed by atoms with Crippen LogP contribution in [0.5, 0.6) is 11.5 Å². The molecule has 110 valence electrons. The van der Waals surface area contributed by atoms with Crippen LogP contribution in [0.25, 0.3) is 0 Å². The fourth-order valence-electron chi connectivity index (χ4n) is 1.51. The third-order valence-electron chi connectivity index (χ3n) is 2.88. The summed E-state index contributed by atoms with van der Waals surface area (Å²) >= 11 is 0. The van der Waals surface area contributed by atoms with Gasteiger partial charge in [-0.15, -0.1) is 0 Å². The van der Waals surface area contributed by atoms with E-state index in [0.717, 1.165) is 0 Å². The fraction of sp³-hybridized carbons (Fsp3) is 0.429. The van der Waals surface area contributed by atoms with Gasteiger partial charge in [0.1, 0.15) is 0 Å². The maximum atomic E-state index is 12.2. The van der Waals surface area contributed by atoms with Crippen LogP contribution >= 0.6 is 0 Å². The van der Waals surface area contributed by atoms with E-state index in [-0.39, 0.29) is 18.6 Å². The van der Waals surface area contributed by atoms with Gasteiger partial charge in [0.2, 0.25) is 0 Å². The highest BCUT2D eigenvalue weighted by Gasteiger charge is 2.17. The molecule has 0 aromatic heterocycles. The molecule has 0 spiro atoms. The van der Waals surface area contributed by atoms with Crippen molar-refractivity contribution in [1.82, 2.24) is 4.90 Å². The number of rotatable bonds is 6. The predicted molar refractivity (Wildman–Crippen MR) is 74.9 cm³/mol. The van der Waals surface area contributed by atoms with Crippen molar-refractivity contribution in [2.45, 2.75) is 19.9 Å². The largest absolute Gasteiger partial charge is 0.493 e. The van der Waals surface area contributed by atoms with Gasteiger partial charge in [0.05, 0.1) is 7.11 Å². The normalized spacial score (nSPS) is 10.2. The maximum absolute atomic E-state index is 12.2. The van der Waals surface area contributed by atoms with Crippen molar-refractivity contribution < 1.29 is 19.1 Å². The fourth-order valence-corrected chi connectivity index (χ4v) is 1.51. The van der Waals surface area contributed by atoms with Gasteiger partial charge in [-0.2, -0.15) is 0 Å². The lowest BCUT2D eigenvalue weighted by atomic mass is 10.1. The molecule has 1 aromatic carbocycles. The van der Waals surface area contributed by atoms with Crippen LogP contribution < -0.4 is 15.2 Å². The lowest BCUT2D eigenvalue weighted by Gasteiger charge is -2.22. The topological polar surface area (TPSA) is 81.9 Å². The van der Waals surface area contributed by atoms with Crippen LogP contribution in [-0.4, -0.2) is 43.5 Å². The summed E-state index contributed by atoms with van der Waals surface area (Å²) in [6.45, 7) is 3.62. The highest BCUT2D eigenvalue weighted by molar-refractivity contribution is 5.95. The van der Waals surface area contributed by atoms with Crippen molar-refractivity contribution >= 4 is 11.8 Å². The van der Waals surface area contributed by atoms with Crippen LogP contribution in [0.15, 0.2) is 18.2 Å². The van der Waals surface area contributed by atoms with E-state index in [1.54, 1.807) is 30.1 Å². The van der Waals surface area contributed by atoms with Gasteiger partial charge in [-0.25, -0.2) is 0 Å². The molecular weight excluding hydrogens is 260 g/mol. The molecule has 2 N–H and O–H groups in total. The zero-order chi connectivity index (χ0) is 15.3. The number of nitrogens with two attached hydrogens (primary N) is 1. The Labute approximate surface area is 118 Å². The SMILES string of the molecule is COc1cc(C(=O)N(C)C(C)C)ccc1OCC(N)=O. The van der Waals surface area contributed by atoms with Crippen molar-refractivity contribution in [2.24, 2.45) is 5.73 Å². The van der Waals surface area contributed by atoms with E-state index in [1.807, 2.05) is 13.8 Å². The van der Waals surface area contributed by atoms with E-state index < -0.39 is 5.91 Å². The number of ether oxygens (including phenoxy) is 2. The Bertz CT molecular complexity index is 500. The van der Waals surface area contributed by atoms with Crippen molar-refractivity contribution in [2.75, 3.05) is 20.8 Å². The summed E-state index contributed by atoms with van der Waals surface area (Å²) < 4.78 is 10.4. The summed E-state index contributed by atoms with van der Waals surface area (Å²) in [7, 11) is 3.20. The first-order valence-electron chi connectivity index (χ1n) is 6.23. The van der Waals surface area contributed by atoms with E-state index in [9.17, 15) is 9.59 Å². The number of methoxy groups -OCH3 is 1. The predicted octanol–water partition coefficient (Wildman–Crippen LogP) is 1.04. The molecule has 0 unspecified atom stereocenters. The minimum absolute atomic E-state index is 0.0966. The van der Waals surface area contributed by atoms with Gasteiger partial charge in [-0.05, 0) is 32.0 Å². The van der Waals surface area contributed by atoms with E-state index >= 15 is 0 Å². The first-order chi connectivity index (χ1) is 9.36. The second kappa shape index (κ2) is 6.79. The Morgan fingerprint density at radius 2 is 1.95 bits per heavy atom. The smallest absolute Gasteiger partial charge is 0.255 e. The van der Waals surface area contributed by atoms with Gasteiger partial charge >= 0.3 is 0 Å². The van der Waals surface area contributed by atoms with Crippen LogP contribution in [0.1, 0.15) is 24.2 Å². The summed E-state index contributed by atoms with van der Waals surface area (Å²) in [4.78, 5) is 24.5. The maximum Gasteiger partial charge on any atom is 0.255 e.